The minimum Gasteiger partial charge on any atom is -0.366 e. The molecule has 1 atom stereocenters. The van der Waals surface area contributed by atoms with Gasteiger partial charge >= 0.3 is 0 Å². The third kappa shape index (κ3) is 5.43. The maximum Gasteiger partial charge on any atom is 0.157 e. The van der Waals surface area contributed by atoms with Crippen molar-refractivity contribution in [2.24, 2.45) is 0 Å². The molecule has 0 spiro atoms. The number of halogens is 2. The molecule has 2 aromatic heterocycles. The van der Waals surface area contributed by atoms with Gasteiger partial charge in [0, 0.05) is 23.8 Å². The molecule has 3 N–H and O–H groups in total. The van der Waals surface area contributed by atoms with Gasteiger partial charge in [-0.15, -0.1) is 0 Å². The van der Waals surface area contributed by atoms with Crippen molar-refractivity contribution >= 4 is 50.8 Å². The van der Waals surface area contributed by atoms with E-state index in [0.717, 1.165) is 11.1 Å². The Morgan fingerprint density at radius 2 is 1.85 bits per heavy atom. The van der Waals surface area contributed by atoms with Crippen molar-refractivity contribution in [3.8, 4) is 6.07 Å². The number of nitrogens with zero attached hydrogens (tertiary/aromatic N) is 3. The van der Waals surface area contributed by atoms with Crippen LogP contribution in [0.3, 0.4) is 0 Å². The fourth-order valence-corrected chi connectivity index (χ4v) is 3.88. The van der Waals surface area contributed by atoms with Crippen molar-refractivity contribution in [3.63, 3.8) is 0 Å². The van der Waals surface area contributed by atoms with E-state index in [1.807, 2.05) is 12.1 Å². The van der Waals surface area contributed by atoms with Crippen LogP contribution in [0.2, 0.25) is 5.02 Å². The van der Waals surface area contributed by atoms with Gasteiger partial charge in [-0.1, -0.05) is 35.9 Å². The lowest BCUT2D eigenvalue weighted by molar-refractivity contribution is 0.563. The SMILES string of the molecule is N#Cc1cnc2cnc(NCc3ccc(CS(=O)O)cc3)cc2c1Nc1ccc(F)c(Cl)c1. The highest BCUT2D eigenvalue weighted by Crippen LogP contribution is 2.31. The quantitative estimate of drug-likeness (QED) is 0.304. The number of rotatable bonds is 7. The summed E-state index contributed by atoms with van der Waals surface area (Å²) in [4.78, 5) is 8.67. The smallest absolute Gasteiger partial charge is 0.157 e. The van der Waals surface area contributed by atoms with E-state index in [1.165, 1.54) is 24.4 Å². The van der Waals surface area contributed by atoms with Crippen LogP contribution in [0, 0.1) is 17.1 Å². The second-order valence-corrected chi connectivity index (χ2v) is 8.47. The predicted octanol–water partition coefficient (Wildman–Crippen LogP) is 5.37. The second kappa shape index (κ2) is 9.92. The van der Waals surface area contributed by atoms with Gasteiger partial charge in [-0.25, -0.2) is 13.6 Å². The van der Waals surface area contributed by atoms with Gasteiger partial charge in [0.2, 0.25) is 0 Å². The molecular weight excluding hydrogens is 465 g/mol. The Kier molecular flexibility index (Phi) is 6.79. The summed E-state index contributed by atoms with van der Waals surface area (Å²) in [6.45, 7) is 0.475. The summed E-state index contributed by atoms with van der Waals surface area (Å²) in [6.07, 6.45) is 3.05. The van der Waals surface area contributed by atoms with E-state index >= 15 is 0 Å². The molecule has 2 heterocycles. The Bertz CT molecular complexity index is 1390. The number of pyridine rings is 2. The van der Waals surface area contributed by atoms with Crippen molar-refractivity contribution in [3.05, 3.63) is 88.5 Å². The topological polar surface area (TPSA) is 111 Å². The Labute approximate surface area is 196 Å². The monoisotopic (exact) mass is 481 g/mol. The average molecular weight is 482 g/mol. The average Bonchev–Trinajstić information content (AvgIpc) is 2.81. The molecule has 166 valence electrons. The molecular formula is C23H17ClFN5O2S. The van der Waals surface area contributed by atoms with Crippen molar-refractivity contribution in [2.75, 3.05) is 10.6 Å². The van der Waals surface area contributed by atoms with Gasteiger partial charge in [0.1, 0.15) is 17.7 Å². The molecule has 0 amide bonds. The van der Waals surface area contributed by atoms with Crippen LogP contribution < -0.4 is 10.6 Å². The van der Waals surface area contributed by atoms with Gasteiger partial charge in [0.15, 0.2) is 11.1 Å². The maximum absolute atomic E-state index is 13.5. The third-order valence-electron chi connectivity index (χ3n) is 4.85. The molecule has 0 aliphatic carbocycles. The molecule has 2 aromatic carbocycles. The predicted molar refractivity (Wildman–Crippen MR) is 127 cm³/mol. The Morgan fingerprint density at radius 3 is 2.55 bits per heavy atom. The van der Waals surface area contributed by atoms with Crippen LogP contribution in [0.4, 0.5) is 21.6 Å². The molecule has 0 bridgehead atoms. The zero-order valence-electron chi connectivity index (χ0n) is 17.0. The lowest BCUT2D eigenvalue weighted by atomic mass is 10.1. The summed E-state index contributed by atoms with van der Waals surface area (Å²) >= 11 is 4.01. The molecule has 0 saturated carbocycles. The van der Waals surface area contributed by atoms with Crippen LogP contribution in [0.1, 0.15) is 16.7 Å². The molecule has 0 aliphatic rings. The van der Waals surface area contributed by atoms with Crippen LogP contribution >= 0.6 is 11.6 Å². The van der Waals surface area contributed by atoms with E-state index < -0.39 is 16.9 Å². The van der Waals surface area contributed by atoms with Crippen LogP contribution in [-0.4, -0.2) is 18.7 Å². The lowest BCUT2D eigenvalue weighted by Gasteiger charge is -2.13. The van der Waals surface area contributed by atoms with Crippen molar-refractivity contribution in [1.29, 1.82) is 5.26 Å². The van der Waals surface area contributed by atoms with Crippen LogP contribution in [0.25, 0.3) is 10.9 Å². The van der Waals surface area contributed by atoms with Gasteiger partial charge in [-0.05, 0) is 35.4 Å². The summed E-state index contributed by atoms with van der Waals surface area (Å²) in [7, 11) is 0. The maximum atomic E-state index is 13.5. The fraction of sp³-hybridized carbons (Fsp3) is 0.0870. The summed E-state index contributed by atoms with van der Waals surface area (Å²) in [5, 5.41) is 16.6. The molecule has 0 radical (unpaired) electrons. The first-order valence-corrected chi connectivity index (χ1v) is 11.4. The van der Waals surface area contributed by atoms with E-state index in [1.54, 1.807) is 24.4 Å². The van der Waals surface area contributed by atoms with Crippen LogP contribution in [0.5, 0.6) is 0 Å². The summed E-state index contributed by atoms with van der Waals surface area (Å²) in [6, 6.07) is 15.5. The number of fused-ring (bicyclic) bond motifs is 1. The van der Waals surface area contributed by atoms with E-state index in [9.17, 15) is 13.9 Å². The van der Waals surface area contributed by atoms with Gasteiger partial charge in [-0.2, -0.15) is 5.26 Å². The second-order valence-electron chi connectivity index (χ2n) is 7.14. The minimum atomic E-state index is -1.88. The number of hydrogen-bond acceptors (Lipinski definition) is 6. The van der Waals surface area contributed by atoms with Crippen molar-refractivity contribution in [1.82, 2.24) is 9.97 Å². The molecule has 33 heavy (non-hydrogen) atoms. The molecule has 0 fully saturated rings. The fourth-order valence-electron chi connectivity index (χ4n) is 3.22. The zero-order chi connectivity index (χ0) is 23.4. The highest BCUT2D eigenvalue weighted by Gasteiger charge is 2.12. The number of nitrogens with one attached hydrogen (secondary N) is 2. The van der Waals surface area contributed by atoms with Gasteiger partial charge < -0.3 is 15.2 Å². The summed E-state index contributed by atoms with van der Waals surface area (Å²) in [5.74, 6) is 0.124. The summed E-state index contributed by atoms with van der Waals surface area (Å²) < 4.78 is 33.4. The molecule has 0 saturated heterocycles. The standard InChI is InChI=1S/C23H17ClFN5O2S/c24-19-7-17(5-6-20(19)25)30-23-16(9-26)11-27-21-12-29-22(8-18(21)23)28-10-14-1-3-15(4-2-14)13-33(31)32/h1-8,11-12H,10,13H2,(H,27,30)(H,28,29)(H,31,32). The Balaban J connectivity index is 1.60. The molecule has 4 rings (SSSR count). The Morgan fingerprint density at radius 1 is 1.09 bits per heavy atom. The molecule has 4 aromatic rings. The minimum absolute atomic E-state index is 0.0304. The lowest BCUT2D eigenvalue weighted by Crippen LogP contribution is -2.03. The number of benzene rings is 2. The Hall–Kier alpha value is -3.58. The summed E-state index contributed by atoms with van der Waals surface area (Å²) in [5.41, 5.74) is 3.67. The highest BCUT2D eigenvalue weighted by molar-refractivity contribution is 7.78. The number of aromatic nitrogens is 2. The molecule has 1 unspecified atom stereocenters. The third-order valence-corrected chi connectivity index (χ3v) is 5.72. The van der Waals surface area contributed by atoms with Gasteiger partial charge in [0.25, 0.3) is 0 Å². The van der Waals surface area contributed by atoms with Crippen molar-refractivity contribution in [2.45, 2.75) is 12.3 Å². The van der Waals surface area contributed by atoms with Crippen LogP contribution in [0.15, 0.2) is 60.9 Å². The van der Waals surface area contributed by atoms with Crippen molar-refractivity contribution < 1.29 is 13.2 Å². The first-order valence-electron chi connectivity index (χ1n) is 9.73. The van der Waals surface area contributed by atoms with E-state index in [-0.39, 0.29) is 10.8 Å². The number of nitriles is 1. The highest BCUT2D eigenvalue weighted by atomic mass is 35.5. The van der Waals surface area contributed by atoms with Gasteiger partial charge in [-0.3, -0.25) is 4.98 Å². The largest absolute Gasteiger partial charge is 0.366 e. The van der Waals surface area contributed by atoms with E-state index in [2.05, 4.69) is 26.7 Å². The number of hydrogen-bond donors (Lipinski definition) is 3. The normalized spacial score (nSPS) is 11.7. The van der Waals surface area contributed by atoms with Crippen LogP contribution in [-0.2, 0) is 23.4 Å². The first-order chi connectivity index (χ1) is 15.9. The molecule has 7 nitrogen and oxygen atoms in total. The molecule has 10 heteroatoms. The zero-order valence-corrected chi connectivity index (χ0v) is 18.6. The van der Waals surface area contributed by atoms with E-state index in [4.69, 9.17) is 16.2 Å². The molecule has 0 aliphatic heterocycles. The number of anilines is 3. The van der Waals surface area contributed by atoms with E-state index in [0.29, 0.717) is 40.2 Å². The van der Waals surface area contributed by atoms with Gasteiger partial charge in [0.05, 0.1) is 33.7 Å². The first kappa shape index (κ1) is 22.6.